The maximum Gasteiger partial charge on any atom is 0.274 e. The van der Waals surface area contributed by atoms with Crippen LogP contribution in [0.4, 0.5) is 0 Å². The van der Waals surface area contributed by atoms with Crippen LogP contribution >= 0.6 is 12.6 Å². The number of benzene rings is 2. The minimum Gasteiger partial charge on any atom is -0.506 e. The van der Waals surface area contributed by atoms with Crippen molar-refractivity contribution in [3.63, 3.8) is 0 Å². The molecule has 1 aliphatic rings. The summed E-state index contributed by atoms with van der Waals surface area (Å²) in [6.07, 6.45) is 0. The molecule has 1 N–H and O–H groups in total. The van der Waals surface area contributed by atoms with Crippen LogP contribution in [0.15, 0.2) is 47.4 Å². The second-order valence-corrected chi connectivity index (χ2v) is 8.22. The highest BCUT2D eigenvalue weighted by Crippen LogP contribution is 2.45. The van der Waals surface area contributed by atoms with E-state index < -0.39 is 31.9 Å². The number of sulfonamides is 1. The largest absolute Gasteiger partial charge is 0.506 e. The van der Waals surface area contributed by atoms with Gasteiger partial charge in [0.05, 0.1) is 12.3 Å². The van der Waals surface area contributed by atoms with Crippen molar-refractivity contribution in [2.75, 3.05) is 6.61 Å². The van der Waals surface area contributed by atoms with Crippen LogP contribution in [0.2, 0.25) is 0 Å². The maximum atomic E-state index is 13.1. The van der Waals surface area contributed by atoms with Gasteiger partial charge in [0.25, 0.3) is 15.9 Å². The van der Waals surface area contributed by atoms with Crippen LogP contribution in [-0.4, -0.2) is 50.6 Å². The van der Waals surface area contributed by atoms with Crippen LogP contribution in [0.25, 0.3) is 5.69 Å². The van der Waals surface area contributed by atoms with Crippen molar-refractivity contribution in [2.45, 2.75) is 17.2 Å². The van der Waals surface area contributed by atoms with Gasteiger partial charge in [-0.15, -0.1) is 17.7 Å². The summed E-state index contributed by atoms with van der Waals surface area (Å²) in [6, 6.07) is 11.3. The molecule has 1 aliphatic heterocycles. The highest BCUT2D eigenvalue weighted by Gasteiger charge is 2.49. The van der Waals surface area contributed by atoms with Crippen molar-refractivity contribution < 1.29 is 23.1 Å². The van der Waals surface area contributed by atoms with Crippen LogP contribution in [0.1, 0.15) is 28.5 Å². The summed E-state index contributed by atoms with van der Waals surface area (Å²) in [4.78, 5) is 12.6. The van der Waals surface area contributed by atoms with Crippen molar-refractivity contribution >= 4 is 28.6 Å². The van der Waals surface area contributed by atoms with Gasteiger partial charge in [-0.2, -0.15) is 4.68 Å². The number of phenols is 1. The van der Waals surface area contributed by atoms with Gasteiger partial charge >= 0.3 is 0 Å². The molecule has 2 heterocycles. The Morgan fingerprint density at radius 1 is 1.21 bits per heavy atom. The van der Waals surface area contributed by atoms with E-state index in [4.69, 9.17) is 4.74 Å². The quantitative estimate of drug-likeness (QED) is 0.580. The SMILES string of the molecule is CCOc1ccc(O)c2c1C(=O)N(C(S)c1nnnn1-c1ccccc1)S2(=O)=O. The molecule has 150 valence electrons. The lowest BCUT2D eigenvalue weighted by atomic mass is 10.1. The number of thiol groups is 1. The van der Waals surface area contributed by atoms with E-state index in [2.05, 4.69) is 28.2 Å². The number of tetrazole rings is 1. The fraction of sp³-hybridized carbons (Fsp3) is 0.176. The molecule has 1 aromatic heterocycles. The van der Waals surface area contributed by atoms with Gasteiger partial charge in [-0.05, 0) is 41.6 Å². The first kappa shape index (κ1) is 19.2. The Balaban J connectivity index is 1.84. The zero-order valence-electron chi connectivity index (χ0n) is 15.0. The molecule has 1 amide bonds. The van der Waals surface area contributed by atoms with Crippen molar-refractivity contribution in [2.24, 2.45) is 0 Å². The van der Waals surface area contributed by atoms with Crippen LogP contribution in [0.3, 0.4) is 0 Å². The predicted octanol–water partition coefficient (Wildman–Crippen LogP) is 1.54. The predicted molar refractivity (Wildman–Crippen MR) is 104 cm³/mol. The molecule has 29 heavy (non-hydrogen) atoms. The Labute approximate surface area is 171 Å². The lowest BCUT2D eigenvalue weighted by Gasteiger charge is -2.21. The number of carbonyl (C=O) groups is 1. The summed E-state index contributed by atoms with van der Waals surface area (Å²) < 4.78 is 33.4. The third-order valence-electron chi connectivity index (χ3n) is 4.28. The van der Waals surface area contributed by atoms with Crippen molar-refractivity contribution in [3.05, 3.63) is 53.9 Å². The molecule has 0 saturated heterocycles. The van der Waals surface area contributed by atoms with Crippen LogP contribution in [0.5, 0.6) is 11.5 Å². The molecule has 1 atom stereocenters. The van der Waals surface area contributed by atoms with Gasteiger partial charge in [0.15, 0.2) is 11.2 Å². The molecule has 4 rings (SSSR count). The molecule has 2 aromatic carbocycles. The number of fused-ring (bicyclic) bond motifs is 1. The van der Waals surface area contributed by atoms with Gasteiger partial charge in [0.1, 0.15) is 22.0 Å². The summed E-state index contributed by atoms with van der Waals surface area (Å²) >= 11 is 4.34. The van der Waals surface area contributed by atoms with E-state index in [1.165, 1.54) is 16.8 Å². The maximum absolute atomic E-state index is 13.1. The number of aromatic nitrogens is 4. The Bertz CT molecular complexity index is 1200. The van der Waals surface area contributed by atoms with E-state index >= 15 is 0 Å². The van der Waals surface area contributed by atoms with Gasteiger partial charge in [0.2, 0.25) is 0 Å². The normalized spacial score (nSPS) is 15.9. The summed E-state index contributed by atoms with van der Waals surface area (Å²) in [5, 5.41) is 20.1. The zero-order valence-corrected chi connectivity index (χ0v) is 16.7. The first-order valence-electron chi connectivity index (χ1n) is 8.47. The number of ether oxygens (including phenoxy) is 1. The number of phenolic OH excluding ortho intramolecular Hbond substituents is 1. The molecule has 10 nitrogen and oxygen atoms in total. The number of para-hydroxylation sites is 1. The number of hydrogen-bond donors (Lipinski definition) is 2. The van der Waals surface area contributed by atoms with Crippen LogP contribution in [-0.2, 0) is 10.0 Å². The molecule has 0 saturated carbocycles. The number of rotatable bonds is 5. The van der Waals surface area contributed by atoms with E-state index in [0.29, 0.717) is 9.99 Å². The molecular formula is C17H15N5O5S2. The van der Waals surface area contributed by atoms with E-state index in [-0.39, 0.29) is 23.7 Å². The first-order valence-corrected chi connectivity index (χ1v) is 10.4. The fourth-order valence-corrected chi connectivity index (χ4v) is 5.35. The molecule has 1 unspecified atom stereocenters. The van der Waals surface area contributed by atoms with Crippen molar-refractivity contribution in [3.8, 4) is 17.2 Å². The fourth-order valence-electron chi connectivity index (χ4n) is 3.07. The summed E-state index contributed by atoms with van der Waals surface area (Å²) in [7, 11) is -4.42. The zero-order chi connectivity index (χ0) is 20.8. The van der Waals surface area contributed by atoms with E-state index in [1.807, 2.05) is 0 Å². The lowest BCUT2D eigenvalue weighted by molar-refractivity contribution is 0.0855. The molecule has 0 fully saturated rings. The minimum absolute atomic E-state index is 0.0155. The number of amides is 1. The number of nitrogens with zero attached hydrogens (tertiary/aromatic N) is 5. The molecule has 0 bridgehead atoms. The van der Waals surface area contributed by atoms with Gasteiger partial charge in [0, 0.05) is 0 Å². The Morgan fingerprint density at radius 3 is 2.62 bits per heavy atom. The van der Waals surface area contributed by atoms with Crippen molar-refractivity contribution in [1.82, 2.24) is 24.5 Å². The smallest absolute Gasteiger partial charge is 0.274 e. The molecule has 0 spiro atoms. The van der Waals surface area contributed by atoms with Gasteiger partial charge in [-0.25, -0.2) is 12.7 Å². The Kier molecular flexibility index (Phi) is 4.67. The standard InChI is InChI=1S/C17H15N5O5S2/c1-2-27-12-9-8-11(23)14-13(12)16(24)22(29(14,25)26)17(28)15-18-19-20-21(15)10-6-4-3-5-7-10/h3-9,17,23,28H,2H2,1H3. The summed E-state index contributed by atoms with van der Waals surface area (Å²) in [5.41, 5.74) is 0.315. The highest BCUT2D eigenvalue weighted by molar-refractivity contribution is 7.91. The lowest BCUT2D eigenvalue weighted by Crippen LogP contribution is -2.33. The first-order chi connectivity index (χ1) is 13.9. The molecule has 0 aliphatic carbocycles. The number of hydrogen-bond acceptors (Lipinski definition) is 9. The molecule has 3 aromatic rings. The second-order valence-electron chi connectivity index (χ2n) is 5.98. The van der Waals surface area contributed by atoms with Gasteiger partial charge in [-0.1, -0.05) is 18.2 Å². The number of aromatic hydroxyl groups is 1. The van der Waals surface area contributed by atoms with E-state index in [1.54, 1.807) is 37.3 Å². The highest BCUT2D eigenvalue weighted by atomic mass is 32.2. The van der Waals surface area contributed by atoms with Crippen molar-refractivity contribution in [1.29, 1.82) is 0 Å². The Hall–Kier alpha value is -3.12. The van der Waals surface area contributed by atoms with Crippen LogP contribution in [0, 0.1) is 0 Å². The second kappa shape index (κ2) is 7.04. The summed E-state index contributed by atoms with van der Waals surface area (Å²) in [6.45, 7) is 1.90. The van der Waals surface area contributed by atoms with E-state index in [0.717, 1.165) is 0 Å². The Morgan fingerprint density at radius 2 is 1.93 bits per heavy atom. The minimum atomic E-state index is -4.42. The third kappa shape index (κ3) is 2.91. The van der Waals surface area contributed by atoms with Gasteiger partial charge < -0.3 is 9.84 Å². The molecule has 12 heteroatoms. The average Bonchev–Trinajstić information content (AvgIpc) is 3.26. The number of carbonyl (C=O) groups excluding carboxylic acids is 1. The van der Waals surface area contributed by atoms with E-state index in [9.17, 15) is 18.3 Å². The summed E-state index contributed by atoms with van der Waals surface area (Å²) in [5.74, 6) is -1.37. The topological polar surface area (TPSA) is 128 Å². The molecule has 0 radical (unpaired) electrons. The molecular weight excluding hydrogens is 418 g/mol. The third-order valence-corrected chi connectivity index (χ3v) is 6.72. The van der Waals surface area contributed by atoms with Crippen LogP contribution < -0.4 is 4.74 Å². The average molecular weight is 433 g/mol. The van der Waals surface area contributed by atoms with Gasteiger partial charge in [-0.3, -0.25) is 4.79 Å². The monoisotopic (exact) mass is 433 g/mol.